The summed E-state index contributed by atoms with van der Waals surface area (Å²) in [6, 6.07) is 4.73. The highest BCUT2D eigenvalue weighted by molar-refractivity contribution is 5.92. The van der Waals surface area contributed by atoms with E-state index < -0.39 is 52.7 Å². The van der Waals surface area contributed by atoms with E-state index in [1.165, 1.54) is 27.7 Å². The third-order valence-corrected chi connectivity index (χ3v) is 4.78. The maximum absolute atomic E-state index is 14.5. The van der Waals surface area contributed by atoms with E-state index in [4.69, 9.17) is 18.9 Å². The van der Waals surface area contributed by atoms with Crippen LogP contribution in [0.2, 0.25) is 0 Å². The second-order valence-corrected chi connectivity index (χ2v) is 8.71. The minimum atomic E-state index is -5.13. The van der Waals surface area contributed by atoms with Crippen LogP contribution in [-0.4, -0.2) is 23.9 Å². The second-order valence-electron chi connectivity index (χ2n) is 8.71. The van der Waals surface area contributed by atoms with Gasteiger partial charge in [-0.25, -0.2) is 19.2 Å². The van der Waals surface area contributed by atoms with Gasteiger partial charge in [0.2, 0.25) is 0 Å². The molecule has 0 aliphatic carbocycles. The highest BCUT2D eigenvalue weighted by Gasteiger charge is 2.39. The van der Waals surface area contributed by atoms with Crippen molar-refractivity contribution < 1.29 is 51.3 Å². The Morgan fingerprint density at radius 3 is 1.27 bits per heavy atom. The van der Waals surface area contributed by atoms with Crippen LogP contribution in [0.25, 0.3) is 11.1 Å². The fourth-order valence-electron chi connectivity index (χ4n) is 2.86. The van der Waals surface area contributed by atoms with Crippen LogP contribution in [0.4, 0.5) is 13.2 Å². The van der Waals surface area contributed by atoms with Gasteiger partial charge in [-0.05, 0) is 51.5 Å². The van der Waals surface area contributed by atoms with E-state index >= 15 is 0 Å². The van der Waals surface area contributed by atoms with Crippen LogP contribution < -0.4 is 18.9 Å². The molecule has 0 aromatic heterocycles. The van der Waals surface area contributed by atoms with Gasteiger partial charge >= 0.3 is 30.1 Å². The summed E-state index contributed by atoms with van der Waals surface area (Å²) in [4.78, 5) is 48.7. The zero-order valence-corrected chi connectivity index (χ0v) is 22.1. The molecule has 8 nitrogen and oxygen atoms in total. The molecular formula is C29H25F3O8. The van der Waals surface area contributed by atoms with Crippen molar-refractivity contribution in [2.45, 2.75) is 33.9 Å². The molecule has 0 aliphatic heterocycles. The summed E-state index contributed by atoms with van der Waals surface area (Å²) in [7, 11) is 0. The fourth-order valence-corrected chi connectivity index (χ4v) is 2.86. The number of ether oxygens (including phenoxy) is 4. The van der Waals surface area contributed by atoms with Crippen molar-refractivity contribution in [2.75, 3.05) is 0 Å². The van der Waals surface area contributed by atoms with Gasteiger partial charge in [0.05, 0.1) is 0 Å². The number of hydrogen-bond donors (Lipinski definition) is 0. The number of alkyl halides is 3. The van der Waals surface area contributed by atoms with Crippen LogP contribution in [0.15, 0.2) is 78.9 Å². The Morgan fingerprint density at radius 2 is 0.925 bits per heavy atom. The molecule has 0 atom stereocenters. The van der Waals surface area contributed by atoms with E-state index in [-0.39, 0.29) is 39.4 Å². The number of carbonyl (C=O) groups excluding carboxylic acids is 4. The van der Waals surface area contributed by atoms with E-state index in [2.05, 4.69) is 26.3 Å². The van der Waals surface area contributed by atoms with E-state index in [1.54, 1.807) is 0 Å². The zero-order valence-electron chi connectivity index (χ0n) is 22.1. The van der Waals surface area contributed by atoms with Crippen molar-refractivity contribution in [2.24, 2.45) is 0 Å². The van der Waals surface area contributed by atoms with E-state index in [9.17, 15) is 32.3 Å². The van der Waals surface area contributed by atoms with Gasteiger partial charge in [-0.1, -0.05) is 26.3 Å². The van der Waals surface area contributed by atoms with E-state index in [1.807, 2.05) is 0 Å². The minimum absolute atomic E-state index is 0.0236. The molecule has 0 bridgehead atoms. The molecule has 210 valence electrons. The van der Waals surface area contributed by atoms with Gasteiger partial charge in [-0.3, -0.25) is 0 Å². The topological polar surface area (TPSA) is 105 Å². The Balaban J connectivity index is 2.95. The van der Waals surface area contributed by atoms with Crippen LogP contribution in [0.1, 0.15) is 33.3 Å². The molecular weight excluding hydrogens is 533 g/mol. The average Bonchev–Trinajstić information content (AvgIpc) is 2.82. The van der Waals surface area contributed by atoms with Crippen molar-refractivity contribution in [3.63, 3.8) is 0 Å². The molecule has 0 amide bonds. The lowest BCUT2D eigenvalue weighted by atomic mass is 9.97. The minimum Gasteiger partial charge on any atom is -0.423 e. The van der Waals surface area contributed by atoms with E-state index in [0.717, 1.165) is 24.3 Å². The zero-order chi connectivity index (χ0) is 30.5. The molecule has 0 saturated carbocycles. The third kappa shape index (κ3) is 8.03. The summed E-state index contributed by atoms with van der Waals surface area (Å²) in [5, 5.41) is 0. The molecule has 40 heavy (non-hydrogen) atoms. The number of benzene rings is 2. The van der Waals surface area contributed by atoms with Gasteiger partial charge in [0.15, 0.2) is 0 Å². The van der Waals surface area contributed by atoms with Gasteiger partial charge in [-0.2, -0.15) is 13.2 Å². The fraction of sp³-hybridized carbons (Fsp3) is 0.172. The molecule has 0 heterocycles. The quantitative estimate of drug-likeness (QED) is 0.201. The van der Waals surface area contributed by atoms with Gasteiger partial charge in [0.1, 0.15) is 28.6 Å². The molecule has 0 aliphatic rings. The Kier molecular flexibility index (Phi) is 9.61. The Labute approximate surface area is 228 Å². The first-order valence-electron chi connectivity index (χ1n) is 11.3. The lowest BCUT2D eigenvalue weighted by Crippen LogP contribution is -2.16. The lowest BCUT2D eigenvalue weighted by Gasteiger charge is -2.20. The Bertz CT molecular complexity index is 1420. The molecule has 0 unspecified atom stereocenters. The van der Waals surface area contributed by atoms with Crippen LogP contribution in [0.3, 0.4) is 0 Å². The molecule has 2 aromatic carbocycles. The molecule has 2 rings (SSSR count). The number of carbonyl (C=O) groups is 4. The molecule has 0 spiro atoms. The van der Waals surface area contributed by atoms with Crippen molar-refractivity contribution in [1.29, 1.82) is 0 Å². The van der Waals surface area contributed by atoms with Crippen molar-refractivity contribution in [1.82, 2.24) is 0 Å². The summed E-state index contributed by atoms with van der Waals surface area (Å²) in [6.45, 7) is 18.9. The summed E-state index contributed by atoms with van der Waals surface area (Å²) in [6.07, 6.45) is -5.13. The van der Waals surface area contributed by atoms with Crippen molar-refractivity contribution >= 4 is 23.9 Å². The van der Waals surface area contributed by atoms with Crippen molar-refractivity contribution in [3.05, 3.63) is 84.5 Å². The smallest absolute Gasteiger partial charge is 0.420 e. The van der Waals surface area contributed by atoms with Crippen LogP contribution in [0, 0.1) is 0 Å². The van der Waals surface area contributed by atoms with Crippen molar-refractivity contribution in [3.8, 4) is 34.1 Å². The Morgan fingerprint density at radius 1 is 0.575 bits per heavy atom. The standard InChI is InChI=1S/C29H25F3O8/c1-14(2)25(33)37-19-9-18(10-20(11-19)38-26(34)15(3)4)22-12-21(39-27(35)16(5)6)13-23(24(22)29(30,31)32)40-28(36)17(7)8/h9-13H,1,3,5,7H2,2,4,6,8H3. The normalized spacial score (nSPS) is 10.7. The first kappa shape index (κ1) is 31.3. The van der Waals surface area contributed by atoms with Gasteiger partial charge in [0, 0.05) is 40.0 Å². The van der Waals surface area contributed by atoms with E-state index in [0.29, 0.717) is 6.07 Å². The maximum Gasteiger partial charge on any atom is 0.420 e. The van der Waals surface area contributed by atoms with Crippen LogP contribution >= 0.6 is 0 Å². The monoisotopic (exact) mass is 558 g/mol. The molecule has 11 heteroatoms. The maximum atomic E-state index is 14.5. The largest absolute Gasteiger partial charge is 0.423 e. The molecule has 0 fully saturated rings. The summed E-state index contributed by atoms with van der Waals surface area (Å²) >= 11 is 0. The number of rotatable bonds is 9. The number of halogens is 3. The third-order valence-electron chi connectivity index (χ3n) is 4.78. The second kappa shape index (κ2) is 12.3. The predicted molar refractivity (Wildman–Crippen MR) is 139 cm³/mol. The average molecular weight is 559 g/mol. The molecule has 0 radical (unpaired) electrons. The molecule has 0 saturated heterocycles. The highest BCUT2D eigenvalue weighted by Crippen LogP contribution is 2.47. The first-order chi connectivity index (χ1) is 18.4. The molecule has 2 aromatic rings. The predicted octanol–water partition coefficient (Wildman–Crippen LogP) is 6.30. The van der Waals surface area contributed by atoms with Crippen LogP contribution in [-0.2, 0) is 25.4 Å². The van der Waals surface area contributed by atoms with Gasteiger partial charge < -0.3 is 18.9 Å². The van der Waals surface area contributed by atoms with Crippen LogP contribution in [0.5, 0.6) is 23.0 Å². The summed E-state index contributed by atoms with van der Waals surface area (Å²) in [5.41, 5.74) is -2.76. The van der Waals surface area contributed by atoms with Gasteiger partial charge in [0.25, 0.3) is 0 Å². The lowest BCUT2D eigenvalue weighted by molar-refractivity contribution is -0.141. The van der Waals surface area contributed by atoms with Gasteiger partial charge in [-0.15, -0.1) is 0 Å². The summed E-state index contributed by atoms with van der Waals surface area (Å²) < 4.78 is 63.9. The SMILES string of the molecule is C=C(C)C(=O)Oc1cc(OC(=O)C(=C)C)cc(-c2cc(OC(=O)C(=C)C)cc(OC(=O)C(=C)C)c2C(F)(F)F)c1. The first-order valence-corrected chi connectivity index (χ1v) is 11.3. The summed E-state index contributed by atoms with van der Waals surface area (Å²) in [5.74, 6) is -6.04. The Hall–Kier alpha value is -4.93. The molecule has 0 N–H and O–H groups in total. The number of hydrogen-bond acceptors (Lipinski definition) is 8. The highest BCUT2D eigenvalue weighted by atomic mass is 19.4. The number of esters is 4.